The Morgan fingerprint density at radius 2 is 1.94 bits per heavy atom. The summed E-state index contributed by atoms with van der Waals surface area (Å²) in [6.07, 6.45) is 1.20. The van der Waals surface area contributed by atoms with Gasteiger partial charge in [0.05, 0.1) is 5.69 Å². The van der Waals surface area contributed by atoms with Crippen molar-refractivity contribution in [2.45, 2.75) is 27.2 Å². The highest BCUT2D eigenvalue weighted by atomic mass is 15.3. The molecule has 1 aliphatic heterocycles. The van der Waals surface area contributed by atoms with E-state index < -0.39 is 0 Å². The maximum absolute atomic E-state index is 6.09. The second-order valence-electron chi connectivity index (χ2n) is 6.10. The predicted molar refractivity (Wildman–Crippen MR) is 76.9 cm³/mol. The number of likely N-dealkylation sites (tertiary alicyclic amines) is 1. The van der Waals surface area contributed by atoms with Gasteiger partial charge in [0.25, 0.3) is 0 Å². The summed E-state index contributed by atoms with van der Waals surface area (Å²) in [7, 11) is 0. The van der Waals surface area contributed by atoms with Gasteiger partial charge in [0.1, 0.15) is 0 Å². The van der Waals surface area contributed by atoms with Gasteiger partial charge in [-0.2, -0.15) is 0 Å². The van der Waals surface area contributed by atoms with Gasteiger partial charge < -0.3 is 10.6 Å². The average molecular weight is 245 g/mol. The van der Waals surface area contributed by atoms with E-state index in [1.165, 1.54) is 6.42 Å². The van der Waals surface area contributed by atoms with E-state index in [1.54, 1.807) is 0 Å². The first-order valence-electron chi connectivity index (χ1n) is 6.61. The van der Waals surface area contributed by atoms with Gasteiger partial charge in [-0.1, -0.05) is 39.0 Å². The Morgan fingerprint density at radius 3 is 2.50 bits per heavy atom. The van der Waals surface area contributed by atoms with E-state index in [2.05, 4.69) is 30.7 Å². The van der Waals surface area contributed by atoms with Crippen LogP contribution in [0.4, 0.5) is 5.69 Å². The smallest absolute Gasteiger partial charge is 0.196 e. The van der Waals surface area contributed by atoms with E-state index in [0.717, 1.165) is 18.8 Å². The van der Waals surface area contributed by atoms with E-state index in [9.17, 15) is 0 Å². The van der Waals surface area contributed by atoms with Crippen molar-refractivity contribution in [3.8, 4) is 0 Å². The topological polar surface area (TPSA) is 41.6 Å². The quantitative estimate of drug-likeness (QED) is 0.610. The van der Waals surface area contributed by atoms with Crippen LogP contribution in [0.3, 0.4) is 0 Å². The molecule has 0 aromatic heterocycles. The monoisotopic (exact) mass is 245 g/mol. The van der Waals surface area contributed by atoms with Gasteiger partial charge in [-0.05, 0) is 29.9 Å². The lowest BCUT2D eigenvalue weighted by atomic mass is 9.80. The zero-order valence-corrected chi connectivity index (χ0v) is 11.6. The summed E-state index contributed by atoms with van der Waals surface area (Å²) in [5.41, 5.74) is 7.37. The molecule has 1 atom stereocenters. The number of guanidine groups is 1. The van der Waals surface area contributed by atoms with Crippen molar-refractivity contribution in [1.82, 2.24) is 4.90 Å². The summed E-state index contributed by atoms with van der Waals surface area (Å²) in [5.74, 6) is 1.34. The Morgan fingerprint density at radius 1 is 1.28 bits per heavy atom. The SMILES string of the molecule is CC(C)(C)C1CCN(C(N)=Nc2ccccc2)C1. The van der Waals surface area contributed by atoms with Gasteiger partial charge >= 0.3 is 0 Å². The van der Waals surface area contributed by atoms with Crippen molar-refractivity contribution in [2.75, 3.05) is 13.1 Å². The molecule has 1 unspecified atom stereocenters. The predicted octanol–water partition coefficient (Wildman–Crippen LogP) is 3.00. The minimum absolute atomic E-state index is 0.349. The van der Waals surface area contributed by atoms with Crippen LogP contribution in [0.5, 0.6) is 0 Å². The number of rotatable bonds is 1. The molecule has 1 fully saturated rings. The minimum atomic E-state index is 0.349. The molecule has 3 heteroatoms. The fraction of sp³-hybridized carbons (Fsp3) is 0.533. The van der Waals surface area contributed by atoms with Crippen LogP contribution in [0.25, 0.3) is 0 Å². The molecular weight excluding hydrogens is 222 g/mol. The minimum Gasteiger partial charge on any atom is -0.369 e. The highest BCUT2D eigenvalue weighted by molar-refractivity contribution is 5.81. The number of hydrogen-bond donors (Lipinski definition) is 1. The Bertz CT molecular complexity index is 417. The van der Waals surface area contributed by atoms with Crippen LogP contribution >= 0.6 is 0 Å². The standard InChI is InChI=1S/C15H23N3/c1-15(2,3)12-9-10-18(11-12)14(16)17-13-7-5-4-6-8-13/h4-8,12H,9-11H2,1-3H3,(H2,16,17). The van der Waals surface area contributed by atoms with Crippen LogP contribution in [-0.4, -0.2) is 23.9 Å². The molecule has 0 aliphatic carbocycles. The molecular formula is C15H23N3. The Hall–Kier alpha value is -1.51. The second kappa shape index (κ2) is 5.01. The first-order valence-corrected chi connectivity index (χ1v) is 6.61. The van der Waals surface area contributed by atoms with Gasteiger partial charge in [0, 0.05) is 13.1 Å². The van der Waals surface area contributed by atoms with Gasteiger partial charge in [0.15, 0.2) is 5.96 Å². The highest BCUT2D eigenvalue weighted by Gasteiger charge is 2.32. The van der Waals surface area contributed by atoms with Crippen LogP contribution < -0.4 is 5.73 Å². The van der Waals surface area contributed by atoms with Gasteiger partial charge in [0.2, 0.25) is 0 Å². The molecule has 1 aromatic carbocycles. The summed E-state index contributed by atoms with van der Waals surface area (Å²) < 4.78 is 0. The third-order valence-electron chi connectivity index (χ3n) is 3.74. The van der Waals surface area contributed by atoms with Crippen LogP contribution in [0.2, 0.25) is 0 Å². The van der Waals surface area contributed by atoms with Crippen LogP contribution in [0.15, 0.2) is 35.3 Å². The van der Waals surface area contributed by atoms with E-state index in [4.69, 9.17) is 5.73 Å². The van der Waals surface area contributed by atoms with Gasteiger partial charge in [-0.25, -0.2) is 4.99 Å². The third kappa shape index (κ3) is 3.03. The molecule has 0 spiro atoms. The largest absolute Gasteiger partial charge is 0.369 e. The van der Waals surface area contributed by atoms with Crippen molar-refractivity contribution in [1.29, 1.82) is 0 Å². The molecule has 1 heterocycles. The fourth-order valence-corrected chi connectivity index (χ4v) is 2.38. The highest BCUT2D eigenvalue weighted by Crippen LogP contribution is 2.33. The van der Waals surface area contributed by atoms with Crippen LogP contribution in [0.1, 0.15) is 27.2 Å². The Balaban J connectivity index is 2.04. The molecule has 18 heavy (non-hydrogen) atoms. The maximum atomic E-state index is 6.09. The first kappa shape index (κ1) is 12.9. The first-order chi connectivity index (χ1) is 8.47. The van der Waals surface area contributed by atoms with E-state index in [0.29, 0.717) is 17.3 Å². The van der Waals surface area contributed by atoms with Crippen molar-refractivity contribution < 1.29 is 0 Å². The number of para-hydroxylation sites is 1. The van der Waals surface area contributed by atoms with Crippen molar-refractivity contribution in [3.05, 3.63) is 30.3 Å². The second-order valence-corrected chi connectivity index (χ2v) is 6.10. The molecule has 0 amide bonds. The molecule has 0 saturated carbocycles. The summed E-state index contributed by atoms with van der Waals surface area (Å²) in [6, 6.07) is 9.90. The molecule has 2 rings (SSSR count). The summed E-state index contributed by atoms with van der Waals surface area (Å²) in [5, 5.41) is 0. The van der Waals surface area contributed by atoms with E-state index >= 15 is 0 Å². The molecule has 1 aromatic rings. The molecule has 2 N–H and O–H groups in total. The number of hydrogen-bond acceptors (Lipinski definition) is 1. The molecule has 3 nitrogen and oxygen atoms in total. The molecule has 98 valence electrons. The molecule has 1 aliphatic rings. The molecule has 0 bridgehead atoms. The molecule has 1 saturated heterocycles. The number of nitrogens with two attached hydrogens (primary N) is 1. The number of nitrogens with zero attached hydrogens (tertiary/aromatic N) is 2. The van der Waals surface area contributed by atoms with Crippen molar-refractivity contribution in [3.63, 3.8) is 0 Å². The van der Waals surface area contributed by atoms with E-state index in [-0.39, 0.29) is 0 Å². The lowest BCUT2D eigenvalue weighted by molar-refractivity contribution is 0.250. The van der Waals surface area contributed by atoms with Crippen LogP contribution in [-0.2, 0) is 0 Å². The Kier molecular flexibility index (Phi) is 3.60. The normalized spacial score (nSPS) is 21.4. The third-order valence-corrected chi connectivity index (χ3v) is 3.74. The van der Waals surface area contributed by atoms with Crippen LogP contribution in [0, 0.1) is 11.3 Å². The van der Waals surface area contributed by atoms with E-state index in [1.807, 2.05) is 30.3 Å². The number of aliphatic imine (C=N–C) groups is 1. The zero-order chi connectivity index (χ0) is 13.2. The zero-order valence-electron chi connectivity index (χ0n) is 11.6. The van der Waals surface area contributed by atoms with Crippen molar-refractivity contribution >= 4 is 11.6 Å². The molecule has 0 radical (unpaired) electrons. The van der Waals surface area contributed by atoms with Gasteiger partial charge in [-0.3, -0.25) is 0 Å². The summed E-state index contributed by atoms with van der Waals surface area (Å²) >= 11 is 0. The summed E-state index contributed by atoms with van der Waals surface area (Å²) in [6.45, 7) is 8.93. The maximum Gasteiger partial charge on any atom is 0.196 e. The fourth-order valence-electron chi connectivity index (χ4n) is 2.38. The lowest BCUT2D eigenvalue weighted by Crippen LogP contribution is -2.36. The lowest BCUT2D eigenvalue weighted by Gasteiger charge is -2.27. The average Bonchev–Trinajstić information content (AvgIpc) is 2.79. The Labute approximate surface area is 110 Å². The van der Waals surface area contributed by atoms with Crippen molar-refractivity contribution in [2.24, 2.45) is 22.1 Å². The summed E-state index contributed by atoms with van der Waals surface area (Å²) in [4.78, 5) is 6.68. The van der Waals surface area contributed by atoms with Gasteiger partial charge in [-0.15, -0.1) is 0 Å². The number of benzene rings is 1.